The lowest BCUT2D eigenvalue weighted by Crippen LogP contribution is -1.90. The van der Waals surface area contributed by atoms with E-state index < -0.39 is 0 Å². The number of nitriles is 1. The lowest BCUT2D eigenvalue weighted by Gasteiger charge is -2.05. The molecule has 0 radical (unpaired) electrons. The summed E-state index contributed by atoms with van der Waals surface area (Å²) in [4.78, 5) is 4.60. The normalized spacial score (nSPS) is 10.3. The van der Waals surface area contributed by atoms with E-state index in [1.165, 1.54) is 5.56 Å². The van der Waals surface area contributed by atoms with Crippen molar-refractivity contribution in [3.05, 3.63) is 71.8 Å². The Balaban J connectivity index is 1.92. The maximum absolute atomic E-state index is 9.27. The molecule has 0 atom stereocenters. The molecule has 1 heterocycles. The molecule has 20 heavy (non-hydrogen) atoms. The number of thioether (sulfide) groups is 1. The number of nitrogens with zero attached hydrogens (tertiary/aromatic N) is 2. The Kier molecular flexibility index (Phi) is 3.67. The molecular weight excluding hydrogens is 264 g/mol. The number of hydrogen-bond acceptors (Lipinski definition) is 3. The molecule has 2 nitrogen and oxygen atoms in total. The molecular formula is C17H12N2S. The fourth-order valence-corrected chi connectivity index (χ4v) is 2.93. The van der Waals surface area contributed by atoms with Gasteiger partial charge < -0.3 is 0 Å². The van der Waals surface area contributed by atoms with Gasteiger partial charge in [0.2, 0.25) is 0 Å². The molecule has 0 fully saturated rings. The van der Waals surface area contributed by atoms with Crippen LogP contribution in [0.2, 0.25) is 0 Å². The van der Waals surface area contributed by atoms with Crippen molar-refractivity contribution in [3.63, 3.8) is 0 Å². The Morgan fingerprint density at radius 1 is 1.00 bits per heavy atom. The number of aromatic nitrogens is 1. The molecule has 0 saturated carbocycles. The maximum atomic E-state index is 9.27. The van der Waals surface area contributed by atoms with Crippen LogP contribution in [-0.4, -0.2) is 4.98 Å². The van der Waals surface area contributed by atoms with Crippen molar-refractivity contribution < 1.29 is 0 Å². The van der Waals surface area contributed by atoms with Crippen LogP contribution >= 0.6 is 11.8 Å². The van der Waals surface area contributed by atoms with Gasteiger partial charge in [0.25, 0.3) is 0 Å². The van der Waals surface area contributed by atoms with E-state index in [1.807, 2.05) is 48.5 Å². The van der Waals surface area contributed by atoms with Gasteiger partial charge in [0.15, 0.2) is 0 Å². The lowest BCUT2D eigenvalue weighted by atomic mass is 10.2. The molecule has 0 saturated heterocycles. The molecule has 0 aliphatic rings. The second kappa shape index (κ2) is 5.77. The van der Waals surface area contributed by atoms with Crippen LogP contribution in [0.5, 0.6) is 0 Å². The number of benzene rings is 2. The third-order valence-electron chi connectivity index (χ3n) is 3.03. The number of para-hydroxylation sites is 1. The average molecular weight is 276 g/mol. The number of rotatable bonds is 3. The van der Waals surface area contributed by atoms with Crippen LogP contribution in [0.3, 0.4) is 0 Å². The van der Waals surface area contributed by atoms with Crippen LogP contribution in [0.1, 0.15) is 11.1 Å². The molecule has 0 aliphatic carbocycles. The van der Waals surface area contributed by atoms with Gasteiger partial charge in [-0.1, -0.05) is 48.5 Å². The molecule has 0 N–H and O–H groups in total. The molecule has 0 unspecified atom stereocenters. The summed E-state index contributed by atoms with van der Waals surface area (Å²) in [7, 11) is 0. The molecule has 3 heteroatoms. The average Bonchev–Trinajstić information content (AvgIpc) is 2.53. The van der Waals surface area contributed by atoms with Gasteiger partial charge >= 0.3 is 0 Å². The third kappa shape index (κ3) is 2.66. The van der Waals surface area contributed by atoms with E-state index in [0.717, 1.165) is 21.7 Å². The van der Waals surface area contributed by atoms with Gasteiger partial charge in [0, 0.05) is 11.1 Å². The topological polar surface area (TPSA) is 36.7 Å². The van der Waals surface area contributed by atoms with E-state index >= 15 is 0 Å². The van der Waals surface area contributed by atoms with Gasteiger partial charge in [-0.05, 0) is 17.7 Å². The molecule has 0 bridgehead atoms. The Morgan fingerprint density at radius 2 is 1.75 bits per heavy atom. The van der Waals surface area contributed by atoms with Crippen LogP contribution < -0.4 is 0 Å². The van der Waals surface area contributed by atoms with Crippen LogP contribution in [-0.2, 0) is 5.75 Å². The van der Waals surface area contributed by atoms with Crippen molar-refractivity contribution in [2.75, 3.05) is 0 Å². The lowest BCUT2D eigenvalue weighted by molar-refractivity contribution is 1.16. The second-order valence-electron chi connectivity index (χ2n) is 4.42. The highest BCUT2D eigenvalue weighted by atomic mass is 32.2. The summed E-state index contributed by atoms with van der Waals surface area (Å²) in [5.41, 5.74) is 2.81. The fraction of sp³-hybridized carbons (Fsp3) is 0.0588. The first kappa shape index (κ1) is 12.7. The zero-order valence-electron chi connectivity index (χ0n) is 10.8. The first-order valence-corrected chi connectivity index (χ1v) is 7.32. The van der Waals surface area contributed by atoms with Crippen molar-refractivity contribution in [1.29, 1.82) is 5.26 Å². The van der Waals surface area contributed by atoms with Crippen LogP contribution in [0, 0.1) is 11.3 Å². The molecule has 1 aromatic heterocycles. The van der Waals surface area contributed by atoms with Crippen molar-refractivity contribution in [3.8, 4) is 6.07 Å². The first-order valence-electron chi connectivity index (χ1n) is 6.33. The van der Waals surface area contributed by atoms with Gasteiger partial charge in [-0.15, -0.1) is 11.8 Å². The van der Waals surface area contributed by atoms with Gasteiger partial charge in [-0.2, -0.15) is 5.26 Å². The number of hydrogen-bond donors (Lipinski definition) is 0. The molecule has 96 valence electrons. The maximum Gasteiger partial charge on any atom is 0.115 e. The largest absolute Gasteiger partial charge is 0.240 e. The van der Waals surface area contributed by atoms with Crippen molar-refractivity contribution in [2.45, 2.75) is 10.8 Å². The van der Waals surface area contributed by atoms with Crippen LogP contribution in [0.25, 0.3) is 10.9 Å². The highest BCUT2D eigenvalue weighted by Gasteiger charge is 2.07. The summed E-state index contributed by atoms with van der Waals surface area (Å²) in [6.45, 7) is 0. The van der Waals surface area contributed by atoms with Gasteiger partial charge in [-0.25, -0.2) is 4.98 Å². The van der Waals surface area contributed by atoms with Crippen molar-refractivity contribution >= 4 is 22.7 Å². The van der Waals surface area contributed by atoms with E-state index in [1.54, 1.807) is 11.8 Å². The van der Waals surface area contributed by atoms with Gasteiger partial charge in [-0.3, -0.25) is 0 Å². The Hall–Kier alpha value is -2.31. The minimum Gasteiger partial charge on any atom is -0.240 e. The van der Waals surface area contributed by atoms with E-state index in [0.29, 0.717) is 5.56 Å². The predicted octanol–water partition coefficient (Wildman–Crippen LogP) is 4.40. The van der Waals surface area contributed by atoms with Gasteiger partial charge in [0.05, 0.1) is 11.1 Å². The van der Waals surface area contributed by atoms with Crippen molar-refractivity contribution in [2.24, 2.45) is 0 Å². The smallest absolute Gasteiger partial charge is 0.115 e. The Labute approximate surface area is 122 Å². The highest BCUT2D eigenvalue weighted by Crippen LogP contribution is 2.27. The summed E-state index contributed by atoms with van der Waals surface area (Å²) in [5, 5.41) is 11.1. The summed E-state index contributed by atoms with van der Waals surface area (Å²) in [6, 6.07) is 22.3. The SMILES string of the molecule is N#Cc1cc2ccccc2nc1SCc1ccccc1. The van der Waals surface area contributed by atoms with E-state index in [4.69, 9.17) is 0 Å². The minimum atomic E-state index is 0.643. The fourth-order valence-electron chi connectivity index (χ4n) is 2.01. The van der Waals surface area contributed by atoms with E-state index in [9.17, 15) is 5.26 Å². The molecule has 2 aromatic carbocycles. The third-order valence-corrected chi connectivity index (χ3v) is 4.09. The zero-order chi connectivity index (χ0) is 13.8. The minimum absolute atomic E-state index is 0.643. The molecule has 0 aliphatic heterocycles. The quantitative estimate of drug-likeness (QED) is 0.665. The Morgan fingerprint density at radius 3 is 2.55 bits per heavy atom. The van der Waals surface area contributed by atoms with Crippen molar-refractivity contribution in [1.82, 2.24) is 4.98 Å². The molecule has 0 amide bonds. The highest BCUT2D eigenvalue weighted by molar-refractivity contribution is 7.98. The number of fused-ring (bicyclic) bond motifs is 1. The molecule has 3 rings (SSSR count). The van der Waals surface area contributed by atoms with E-state index in [2.05, 4.69) is 23.2 Å². The summed E-state index contributed by atoms with van der Waals surface area (Å²) in [5.74, 6) is 0.820. The standard InChI is InChI=1S/C17H12N2S/c18-11-15-10-14-8-4-5-9-16(14)19-17(15)20-12-13-6-2-1-3-7-13/h1-10H,12H2. The summed E-state index contributed by atoms with van der Waals surface area (Å²) < 4.78 is 0. The number of pyridine rings is 1. The molecule has 3 aromatic rings. The van der Waals surface area contributed by atoms with Crippen LogP contribution in [0.15, 0.2) is 65.7 Å². The van der Waals surface area contributed by atoms with Crippen LogP contribution in [0.4, 0.5) is 0 Å². The summed E-state index contributed by atoms with van der Waals surface area (Å²) >= 11 is 1.61. The predicted molar refractivity (Wildman–Crippen MR) is 82.5 cm³/mol. The van der Waals surface area contributed by atoms with E-state index in [-0.39, 0.29) is 0 Å². The monoisotopic (exact) mass is 276 g/mol. The summed E-state index contributed by atoms with van der Waals surface area (Å²) in [6.07, 6.45) is 0. The first-order chi connectivity index (χ1) is 9.86. The zero-order valence-corrected chi connectivity index (χ0v) is 11.6. The Bertz CT molecular complexity index is 776. The second-order valence-corrected chi connectivity index (χ2v) is 5.38. The van der Waals surface area contributed by atoms with Gasteiger partial charge in [0.1, 0.15) is 11.1 Å². The molecule has 0 spiro atoms.